The van der Waals surface area contributed by atoms with Gasteiger partial charge in [0.05, 0.1) is 6.10 Å². The number of aryl methyl sites for hydroxylation is 1. The molecule has 1 unspecified atom stereocenters. The van der Waals surface area contributed by atoms with Gasteiger partial charge in [0, 0.05) is 12.4 Å². The van der Waals surface area contributed by atoms with E-state index in [9.17, 15) is 5.11 Å². The van der Waals surface area contributed by atoms with Gasteiger partial charge in [0.15, 0.2) is 0 Å². The number of hydrogen-bond acceptors (Lipinski definition) is 2. The van der Waals surface area contributed by atoms with Crippen LogP contribution in [0.15, 0.2) is 18.5 Å². The number of aliphatic hydroxyl groups excluding tert-OH is 1. The van der Waals surface area contributed by atoms with Crippen molar-refractivity contribution >= 4 is 0 Å². The predicted octanol–water partition coefficient (Wildman–Crippen LogP) is 2.34. The average molecular weight is 193 g/mol. The minimum atomic E-state index is -0.302. The van der Waals surface area contributed by atoms with Gasteiger partial charge in [-0.1, -0.05) is 20.8 Å². The zero-order valence-corrected chi connectivity index (χ0v) is 9.41. The van der Waals surface area contributed by atoms with E-state index in [1.165, 1.54) is 5.56 Å². The van der Waals surface area contributed by atoms with Crippen molar-refractivity contribution in [1.29, 1.82) is 0 Å². The maximum atomic E-state index is 9.94. The molecule has 1 rings (SSSR count). The lowest BCUT2D eigenvalue weighted by atomic mass is 9.85. The van der Waals surface area contributed by atoms with E-state index in [0.717, 1.165) is 5.56 Å². The van der Waals surface area contributed by atoms with E-state index in [4.69, 9.17) is 0 Å². The molecule has 1 heterocycles. The molecule has 0 aliphatic heterocycles. The molecule has 14 heavy (non-hydrogen) atoms. The Morgan fingerprint density at radius 1 is 1.43 bits per heavy atom. The Bertz CT molecular complexity index is 301. The second kappa shape index (κ2) is 4.09. The SMILES string of the molecule is Cc1cnccc1CC(O)C(C)(C)C. The predicted molar refractivity (Wildman–Crippen MR) is 58.1 cm³/mol. The van der Waals surface area contributed by atoms with E-state index in [1.807, 2.05) is 40.0 Å². The lowest BCUT2D eigenvalue weighted by molar-refractivity contribution is 0.0634. The lowest BCUT2D eigenvalue weighted by Crippen LogP contribution is -2.28. The molecule has 0 amide bonds. The first-order chi connectivity index (χ1) is 6.41. The zero-order chi connectivity index (χ0) is 10.8. The van der Waals surface area contributed by atoms with Crippen LogP contribution in [0.2, 0.25) is 0 Å². The highest BCUT2D eigenvalue weighted by molar-refractivity contribution is 5.22. The quantitative estimate of drug-likeness (QED) is 0.782. The normalized spacial score (nSPS) is 14.1. The summed E-state index contributed by atoms with van der Waals surface area (Å²) < 4.78 is 0. The number of pyridine rings is 1. The minimum Gasteiger partial charge on any atom is -0.392 e. The Labute approximate surface area is 86.0 Å². The Morgan fingerprint density at radius 2 is 2.07 bits per heavy atom. The molecule has 1 aromatic heterocycles. The van der Waals surface area contributed by atoms with Gasteiger partial charge in [-0.3, -0.25) is 4.98 Å². The summed E-state index contributed by atoms with van der Waals surface area (Å²) >= 11 is 0. The Kier molecular flexibility index (Phi) is 3.27. The van der Waals surface area contributed by atoms with Crippen molar-refractivity contribution in [3.8, 4) is 0 Å². The summed E-state index contributed by atoms with van der Waals surface area (Å²) in [5.74, 6) is 0. The van der Waals surface area contributed by atoms with Gasteiger partial charge in [-0.2, -0.15) is 0 Å². The van der Waals surface area contributed by atoms with Gasteiger partial charge in [-0.05, 0) is 36.0 Å². The molecular weight excluding hydrogens is 174 g/mol. The van der Waals surface area contributed by atoms with E-state index >= 15 is 0 Å². The highest BCUT2D eigenvalue weighted by Crippen LogP contribution is 2.23. The van der Waals surface area contributed by atoms with E-state index < -0.39 is 0 Å². The molecule has 0 radical (unpaired) electrons. The minimum absolute atomic E-state index is 0.0598. The van der Waals surface area contributed by atoms with Crippen LogP contribution in [-0.2, 0) is 6.42 Å². The first-order valence-electron chi connectivity index (χ1n) is 4.99. The summed E-state index contributed by atoms with van der Waals surface area (Å²) in [6.45, 7) is 8.17. The third kappa shape index (κ3) is 2.81. The van der Waals surface area contributed by atoms with Crippen LogP contribution in [0.25, 0.3) is 0 Å². The molecule has 2 heteroatoms. The van der Waals surface area contributed by atoms with E-state index in [1.54, 1.807) is 6.20 Å². The van der Waals surface area contributed by atoms with E-state index in [-0.39, 0.29) is 11.5 Å². The van der Waals surface area contributed by atoms with Crippen molar-refractivity contribution in [3.05, 3.63) is 29.6 Å². The number of aromatic nitrogens is 1. The van der Waals surface area contributed by atoms with Gasteiger partial charge < -0.3 is 5.11 Å². The maximum Gasteiger partial charge on any atom is 0.0628 e. The van der Waals surface area contributed by atoms with Gasteiger partial charge in [0.1, 0.15) is 0 Å². The molecule has 0 aliphatic rings. The van der Waals surface area contributed by atoms with Crippen LogP contribution in [0, 0.1) is 12.3 Å². The van der Waals surface area contributed by atoms with Gasteiger partial charge in [0.2, 0.25) is 0 Å². The fourth-order valence-corrected chi connectivity index (χ4v) is 1.25. The summed E-state index contributed by atoms with van der Waals surface area (Å²) in [6.07, 6.45) is 4.02. The summed E-state index contributed by atoms with van der Waals surface area (Å²) in [6, 6.07) is 1.98. The first kappa shape index (κ1) is 11.2. The molecule has 0 saturated carbocycles. The van der Waals surface area contributed by atoms with Crippen molar-refractivity contribution in [2.75, 3.05) is 0 Å². The number of nitrogens with zero attached hydrogens (tertiary/aromatic N) is 1. The highest BCUT2D eigenvalue weighted by atomic mass is 16.3. The third-order valence-corrected chi connectivity index (χ3v) is 2.55. The fourth-order valence-electron chi connectivity index (χ4n) is 1.25. The Hall–Kier alpha value is -0.890. The van der Waals surface area contributed by atoms with E-state index in [0.29, 0.717) is 6.42 Å². The largest absolute Gasteiger partial charge is 0.392 e. The molecule has 0 aliphatic carbocycles. The number of rotatable bonds is 2. The second-order valence-electron chi connectivity index (χ2n) is 4.89. The van der Waals surface area contributed by atoms with Crippen molar-refractivity contribution in [2.45, 2.75) is 40.2 Å². The van der Waals surface area contributed by atoms with Crippen LogP contribution in [0.1, 0.15) is 31.9 Å². The van der Waals surface area contributed by atoms with Crippen LogP contribution in [-0.4, -0.2) is 16.2 Å². The molecule has 2 nitrogen and oxygen atoms in total. The topological polar surface area (TPSA) is 33.1 Å². The second-order valence-corrected chi connectivity index (χ2v) is 4.89. The van der Waals surface area contributed by atoms with Crippen LogP contribution >= 0.6 is 0 Å². The molecule has 0 aromatic carbocycles. The van der Waals surface area contributed by atoms with E-state index in [2.05, 4.69) is 4.98 Å². The Morgan fingerprint density at radius 3 is 2.57 bits per heavy atom. The molecule has 0 spiro atoms. The van der Waals surface area contributed by atoms with Gasteiger partial charge in [0.25, 0.3) is 0 Å². The molecule has 1 atom stereocenters. The molecule has 0 bridgehead atoms. The number of aliphatic hydroxyl groups is 1. The molecular formula is C12H19NO. The van der Waals surface area contributed by atoms with Crippen LogP contribution in [0.4, 0.5) is 0 Å². The van der Waals surface area contributed by atoms with Crippen molar-refractivity contribution in [1.82, 2.24) is 4.98 Å². The van der Waals surface area contributed by atoms with Crippen LogP contribution in [0.3, 0.4) is 0 Å². The van der Waals surface area contributed by atoms with Crippen molar-refractivity contribution < 1.29 is 5.11 Å². The fraction of sp³-hybridized carbons (Fsp3) is 0.583. The molecule has 1 N–H and O–H groups in total. The first-order valence-corrected chi connectivity index (χ1v) is 4.99. The molecule has 0 fully saturated rings. The van der Waals surface area contributed by atoms with Crippen LogP contribution < -0.4 is 0 Å². The highest BCUT2D eigenvalue weighted by Gasteiger charge is 2.22. The van der Waals surface area contributed by atoms with Crippen molar-refractivity contribution in [2.24, 2.45) is 5.41 Å². The summed E-state index contributed by atoms with van der Waals surface area (Å²) in [7, 11) is 0. The standard InChI is InChI=1S/C12H19NO/c1-9-8-13-6-5-10(9)7-11(14)12(2,3)4/h5-6,8,11,14H,7H2,1-4H3. The van der Waals surface area contributed by atoms with Gasteiger partial charge in [-0.15, -0.1) is 0 Å². The summed E-state index contributed by atoms with van der Waals surface area (Å²) in [5, 5.41) is 9.94. The van der Waals surface area contributed by atoms with Gasteiger partial charge >= 0.3 is 0 Å². The number of hydrogen-bond donors (Lipinski definition) is 1. The molecule has 1 aromatic rings. The smallest absolute Gasteiger partial charge is 0.0628 e. The van der Waals surface area contributed by atoms with Crippen molar-refractivity contribution in [3.63, 3.8) is 0 Å². The monoisotopic (exact) mass is 193 g/mol. The Balaban J connectivity index is 2.75. The zero-order valence-electron chi connectivity index (χ0n) is 9.41. The molecule has 0 saturated heterocycles. The summed E-state index contributed by atoms with van der Waals surface area (Å²) in [5.41, 5.74) is 2.27. The van der Waals surface area contributed by atoms with Gasteiger partial charge in [-0.25, -0.2) is 0 Å². The average Bonchev–Trinajstić information content (AvgIpc) is 2.07. The maximum absolute atomic E-state index is 9.94. The lowest BCUT2D eigenvalue weighted by Gasteiger charge is -2.26. The molecule has 78 valence electrons. The third-order valence-electron chi connectivity index (χ3n) is 2.55. The summed E-state index contributed by atoms with van der Waals surface area (Å²) in [4.78, 5) is 4.03. The van der Waals surface area contributed by atoms with Crippen LogP contribution in [0.5, 0.6) is 0 Å².